The van der Waals surface area contributed by atoms with E-state index < -0.39 is 0 Å². The van der Waals surface area contributed by atoms with Gasteiger partial charge < -0.3 is 0 Å². The Kier molecular flexibility index (Phi) is 3.94. The third-order valence-corrected chi connectivity index (χ3v) is 7.93. The average Bonchev–Trinajstić information content (AvgIpc) is 2.04. The van der Waals surface area contributed by atoms with Gasteiger partial charge in [-0.2, -0.15) is 0 Å². The van der Waals surface area contributed by atoms with E-state index in [2.05, 4.69) is 66.6 Å². The second kappa shape index (κ2) is 4.57. The molecule has 13 heavy (non-hydrogen) atoms. The van der Waals surface area contributed by atoms with Gasteiger partial charge in [-0.05, 0) is 17.3 Å². The molecule has 0 aromatic heterocycles. The predicted molar refractivity (Wildman–Crippen MR) is 65.7 cm³/mol. The van der Waals surface area contributed by atoms with E-state index in [1.165, 1.54) is 11.7 Å². The van der Waals surface area contributed by atoms with Gasteiger partial charge in [0.15, 0.2) is 0 Å². The maximum atomic E-state index is 3.80. The fraction of sp³-hybridized carbons (Fsp3) is 0.455. The summed E-state index contributed by atoms with van der Waals surface area (Å²) in [6.07, 6.45) is 1.17. The third-order valence-electron chi connectivity index (χ3n) is 1.89. The molecule has 0 radical (unpaired) electrons. The van der Waals surface area contributed by atoms with Crippen molar-refractivity contribution in [1.29, 1.82) is 0 Å². The van der Waals surface area contributed by atoms with E-state index in [-0.39, 0.29) is 6.62 Å². The molecular formula is C11H16BrP. The molecule has 0 fully saturated rings. The van der Waals surface area contributed by atoms with Gasteiger partial charge in [0.05, 0.1) is 0 Å². The van der Waals surface area contributed by atoms with E-state index in [1.807, 2.05) is 0 Å². The van der Waals surface area contributed by atoms with Gasteiger partial charge in [-0.15, -0.1) is 0 Å². The van der Waals surface area contributed by atoms with E-state index in [0.29, 0.717) is 5.16 Å². The van der Waals surface area contributed by atoms with Gasteiger partial charge >= 0.3 is 0 Å². The summed E-state index contributed by atoms with van der Waals surface area (Å²) >= 11 is 3.80. The van der Waals surface area contributed by atoms with Crippen LogP contribution in [0.2, 0.25) is 0 Å². The maximum Gasteiger partial charge on any atom is 0.00302 e. The van der Waals surface area contributed by atoms with Gasteiger partial charge in [0, 0.05) is 6.16 Å². The van der Waals surface area contributed by atoms with Crippen LogP contribution in [-0.2, 0) is 6.16 Å². The molecule has 72 valence electrons. The van der Waals surface area contributed by atoms with E-state index in [9.17, 15) is 0 Å². The first kappa shape index (κ1) is 11.2. The number of benzene rings is 1. The molecule has 0 bridgehead atoms. The number of halogens is 1. The van der Waals surface area contributed by atoms with Crippen LogP contribution in [0.25, 0.3) is 0 Å². The lowest BCUT2D eigenvalue weighted by Crippen LogP contribution is -2.08. The summed E-state index contributed by atoms with van der Waals surface area (Å²) in [5, 5.41) is 0.394. The molecule has 0 N–H and O–H groups in total. The molecule has 0 amide bonds. The van der Waals surface area contributed by atoms with Crippen LogP contribution in [0, 0.1) is 0 Å². The highest BCUT2D eigenvalue weighted by atomic mass is 79.9. The van der Waals surface area contributed by atoms with Crippen LogP contribution in [0.15, 0.2) is 30.3 Å². The molecule has 1 aromatic carbocycles. The van der Waals surface area contributed by atoms with Crippen LogP contribution in [0.4, 0.5) is 0 Å². The molecule has 0 spiro atoms. The van der Waals surface area contributed by atoms with E-state index >= 15 is 0 Å². The van der Waals surface area contributed by atoms with Crippen LogP contribution in [0.5, 0.6) is 0 Å². The predicted octanol–water partition coefficient (Wildman–Crippen LogP) is 4.78. The van der Waals surface area contributed by atoms with Gasteiger partial charge in [0.25, 0.3) is 0 Å². The molecule has 2 heteroatoms. The zero-order valence-corrected chi connectivity index (χ0v) is 10.9. The highest BCUT2D eigenvalue weighted by molar-refractivity contribution is 9.39. The van der Waals surface area contributed by atoms with Gasteiger partial charge in [-0.1, -0.05) is 66.6 Å². The Labute approximate surface area is 90.2 Å². The van der Waals surface area contributed by atoms with Crippen molar-refractivity contribution in [2.45, 2.75) is 32.1 Å². The summed E-state index contributed by atoms with van der Waals surface area (Å²) in [4.78, 5) is 0. The lowest BCUT2D eigenvalue weighted by atomic mass is 10.2. The quantitative estimate of drug-likeness (QED) is 0.670. The third kappa shape index (κ3) is 3.79. The van der Waals surface area contributed by atoms with E-state index in [4.69, 9.17) is 0 Å². The lowest BCUT2D eigenvalue weighted by molar-refractivity contribution is 0.790. The van der Waals surface area contributed by atoms with Crippen LogP contribution >= 0.6 is 22.1 Å². The molecule has 0 aliphatic heterocycles. The molecule has 1 atom stereocenters. The van der Waals surface area contributed by atoms with Crippen molar-refractivity contribution in [3.8, 4) is 0 Å². The van der Waals surface area contributed by atoms with Gasteiger partial charge in [0.2, 0.25) is 0 Å². The highest BCUT2D eigenvalue weighted by Gasteiger charge is 2.21. The van der Waals surface area contributed by atoms with Crippen LogP contribution < -0.4 is 0 Å². The zero-order valence-electron chi connectivity index (χ0n) is 8.42. The Morgan fingerprint density at radius 3 is 2.15 bits per heavy atom. The largest absolute Gasteiger partial charge is 0.0622 e. The molecule has 1 unspecified atom stereocenters. The Balaban J connectivity index is 2.61. The Morgan fingerprint density at radius 1 is 1.15 bits per heavy atom. The van der Waals surface area contributed by atoms with Crippen molar-refractivity contribution in [3.05, 3.63) is 35.9 Å². The maximum absolute atomic E-state index is 3.80. The first-order valence-corrected chi connectivity index (χ1v) is 8.02. The molecule has 0 heterocycles. The van der Waals surface area contributed by atoms with Crippen molar-refractivity contribution in [1.82, 2.24) is 0 Å². The van der Waals surface area contributed by atoms with Crippen molar-refractivity contribution >= 4 is 22.1 Å². The molecule has 0 saturated carbocycles. The van der Waals surface area contributed by atoms with Crippen LogP contribution in [0.3, 0.4) is 0 Å². The number of rotatable bonds is 2. The topological polar surface area (TPSA) is 0 Å². The SMILES string of the molecule is CC(C)(C)P(Br)Cc1ccccc1. The number of hydrogen-bond donors (Lipinski definition) is 0. The van der Waals surface area contributed by atoms with Crippen LogP contribution in [-0.4, -0.2) is 5.16 Å². The lowest BCUT2D eigenvalue weighted by Gasteiger charge is -2.25. The highest BCUT2D eigenvalue weighted by Crippen LogP contribution is 2.58. The molecule has 1 rings (SSSR count). The minimum atomic E-state index is -0.0854. The van der Waals surface area contributed by atoms with Crippen molar-refractivity contribution in [2.24, 2.45) is 0 Å². The van der Waals surface area contributed by atoms with Crippen LogP contribution in [0.1, 0.15) is 26.3 Å². The molecule has 1 aromatic rings. The average molecular weight is 259 g/mol. The zero-order chi connectivity index (χ0) is 9.90. The van der Waals surface area contributed by atoms with Gasteiger partial charge in [0.1, 0.15) is 0 Å². The smallest absolute Gasteiger partial charge is 0.00302 e. The molecule has 0 aliphatic carbocycles. The van der Waals surface area contributed by atoms with Gasteiger partial charge in [-0.25, -0.2) is 0 Å². The van der Waals surface area contributed by atoms with Crippen molar-refractivity contribution in [2.75, 3.05) is 0 Å². The first-order valence-electron chi connectivity index (χ1n) is 4.47. The standard InChI is InChI=1S/C11H16BrP/c1-11(2,3)13(12)9-10-7-5-4-6-8-10/h4-8H,9H2,1-3H3. The van der Waals surface area contributed by atoms with Crippen molar-refractivity contribution in [3.63, 3.8) is 0 Å². The summed E-state index contributed by atoms with van der Waals surface area (Å²) in [5.74, 6) is 0. The fourth-order valence-electron chi connectivity index (χ4n) is 0.981. The van der Waals surface area contributed by atoms with E-state index in [1.54, 1.807) is 0 Å². The minimum Gasteiger partial charge on any atom is -0.0622 e. The minimum absolute atomic E-state index is 0.0854. The molecule has 0 nitrogen and oxygen atoms in total. The summed E-state index contributed by atoms with van der Waals surface area (Å²) in [6, 6.07) is 10.7. The van der Waals surface area contributed by atoms with E-state index in [0.717, 1.165) is 0 Å². The molecule has 0 saturated heterocycles. The Bertz CT molecular complexity index is 251. The summed E-state index contributed by atoms with van der Waals surface area (Å²) in [7, 11) is 0. The Hall–Kier alpha value is 0.130. The fourth-order valence-corrected chi connectivity index (χ4v) is 2.86. The normalized spacial score (nSPS) is 14.2. The first-order chi connectivity index (χ1) is 6.00. The van der Waals surface area contributed by atoms with Crippen molar-refractivity contribution < 1.29 is 0 Å². The second-order valence-electron chi connectivity index (χ2n) is 4.18. The Morgan fingerprint density at radius 2 is 1.69 bits per heavy atom. The monoisotopic (exact) mass is 258 g/mol. The summed E-state index contributed by atoms with van der Waals surface area (Å²) in [5.41, 5.74) is 1.43. The second-order valence-corrected chi connectivity index (χ2v) is 9.13. The summed E-state index contributed by atoms with van der Waals surface area (Å²) in [6.45, 7) is 6.78. The summed E-state index contributed by atoms with van der Waals surface area (Å²) < 4.78 is 0. The van der Waals surface area contributed by atoms with Gasteiger partial charge in [-0.3, -0.25) is 0 Å². The molecule has 0 aliphatic rings. The molecular weight excluding hydrogens is 243 g/mol. The number of hydrogen-bond acceptors (Lipinski definition) is 0.